The molecule has 0 saturated heterocycles. The summed E-state index contributed by atoms with van der Waals surface area (Å²) in [5.74, 6) is -0.601. The molecule has 0 atom stereocenters. The Bertz CT molecular complexity index is 440. The number of hydrogen-bond acceptors (Lipinski definition) is 3. The second kappa shape index (κ2) is 6.61. The Balaban J connectivity index is 2.40. The minimum Gasteiger partial charge on any atom is -0.312 e. The molecular weight excluding hydrogens is 268 g/mol. The summed E-state index contributed by atoms with van der Waals surface area (Å²) in [4.78, 5) is 0. The van der Waals surface area contributed by atoms with Gasteiger partial charge in [-0.2, -0.15) is 18.4 Å². The molecule has 0 aromatic heterocycles. The summed E-state index contributed by atoms with van der Waals surface area (Å²) >= 11 is -0.120. The first-order valence-corrected chi connectivity index (χ1v) is 6.01. The molecule has 0 radical (unpaired) electrons. The Hall–Kier alpha value is -1.26. The molecule has 1 aromatic carbocycles. The van der Waals surface area contributed by atoms with Crippen molar-refractivity contribution in [1.29, 1.82) is 5.26 Å². The lowest BCUT2D eigenvalue weighted by Gasteiger charge is -2.08. The molecule has 1 rings (SSSR count). The third-order valence-corrected chi connectivity index (χ3v) is 2.78. The van der Waals surface area contributed by atoms with Crippen LogP contribution in [0.25, 0.3) is 0 Å². The summed E-state index contributed by atoms with van der Waals surface area (Å²) in [5, 5.41) is 11.5. The lowest BCUT2D eigenvalue weighted by Crippen LogP contribution is -2.19. The van der Waals surface area contributed by atoms with E-state index in [2.05, 4.69) is 5.32 Å². The Labute approximate surface area is 106 Å². The average molecular weight is 278 g/mol. The van der Waals surface area contributed by atoms with Crippen molar-refractivity contribution >= 4 is 11.8 Å². The van der Waals surface area contributed by atoms with Crippen LogP contribution < -0.4 is 5.32 Å². The highest BCUT2D eigenvalue weighted by Gasteiger charge is 2.27. The summed E-state index contributed by atoms with van der Waals surface area (Å²) in [6, 6.07) is 5.61. The Morgan fingerprint density at radius 3 is 2.67 bits per heavy atom. The van der Waals surface area contributed by atoms with Gasteiger partial charge in [-0.1, -0.05) is 0 Å². The van der Waals surface area contributed by atoms with Gasteiger partial charge in [-0.05, 0) is 35.5 Å². The smallest absolute Gasteiger partial charge is 0.312 e. The van der Waals surface area contributed by atoms with Crippen molar-refractivity contribution in [3.8, 4) is 6.07 Å². The highest BCUT2D eigenvalue weighted by Crippen LogP contribution is 2.29. The number of thioether (sulfide) groups is 1. The Morgan fingerprint density at radius 2 is 2.06 bits per heavy atom. The fourth-order valence-corrected chi connectivity index (χ4v) is 1.76. The SMILES string of the molecule is N#Cc1ccc(F)cc1CNCCSC(F)(F)F. The summed E-state index contributed by atoms with van der Waals surface area (Å²) in [5.41, 5.74) is -3.49. The van der Waals surface area contributed by atoms with Crippen LogP contribution in [0, 0.1) is 17.1 Å². The van der Waals surface area contributed by atoms with Gasteiger partial charge in [0.2, 0.25) is 0 Å². The van der Waals surface area contributed by atoms with Crippen LogP contribution in [-0.4, -0.2) is 17.8 Å². The summed E-state index contributed by atoms with van der Waals surface area (Å²) in [6.45, 7) is 0.296. The molecule has 0 aliphatic rings. The first-order chi connectivity index (χ1) is 8.42. The molecule has 0 heterocycles. The maximum atomic E-state index is 12.9. The van der Waals surface area contributed by atoms with Crippen LogP contribution in [0.5, 0.6) is 0 Å². The van der Waals surface area contributed by atoms with Gasteiger partial charge < -0.3 is 5.32 Å². The lowest BCUT2D eigenvalue weighted by atomic mass is 10.1. The van der Waals surface area contributed by atoms with Gasteiger partial charge in [0.25, 0.3) is 0 Å². The third-order valence-electron chi connectivity index (χ3n) is 2.05. The second-order valence-electron chi connectivity index (χ2n) is 3.38. The molecule has 0 aliphatic heterocycles. The second-order valence-corrected chi connectivity index (χ2v) is 4.54. The zero-order valence-corrected chi connectivity index (χ0v) is 10.0. The van der Waals surface area contributed by atoms with Gasteiger partial charge in [-0.25, -0.2) is 4.39 Å². The van der Waals surface area contributed by atoms with Crippen LogP contribution in [0.1, 0.15) is 11.1 Å². The Kier molecular flexibility index (Phi) is 5.44. The molecule has 1 aromatic rings. The number of benzene rings is 1. The molecule has 0 unspecified atom stereocenters. The van der Waals surface area contributed by atoms with Crippen molar-refractivity contribution in [1.82, 2.24) is 5.32 Å². The van der Waals surface area contributed by atoms with E-state index in [0.29, 0.717) is 11.1 Å². The van der Waals surface area contributed by atoms with E-state index in [1.54, 1.807) is 0 Å². The zero-order valence-electron chi connectivity index (χ0n) is 9.22. The minimum atomic E-state index is -4.24. The summed E-state index contributed by atoms with van der Waals surface area (Å²) in [6.07, 6.45) is 0. The quantitative estimate of drug-likeness (QED) is 0.664. The van der Waals surface area contributed by atoms with Crippen LogP contribution in [0.15, 0.2) is 18.2 Å². The van der Waals surface area contributed by atoms with Crippen LogP contribution in [0.2, 0.25) is 0 Å². The van der Waals surface area contributed by atoms with Gasteiger partial charge in [0.05, 0.1) is 11.6 Å². The summed E-state index contributed by atoms with van der Waals surface area (Å²) < 4.78 is 48.4. The van der Waals surface area contributed by atoms with E-state index >= 15 is 0 Å². The molecule has 0 bridgehead atoms. The number of nitrogens with one attached hydrogen (secondary N) is 1. The molecular formula is C11H10F4N2S. The van der Waals surface area contributed by atoms with Gasteiger partial charge >= 0.3 is 5.51 Å². The lowest BCUT2D eigenvalue weighted by molar-refractivity contribution is -0.0327. The number of alkyl halides is 3. The predicted octanol–water partition coefficient (Wildman–Crippen LogP) is 3.04. The van der Waals surface area contributed by atoms with Crippen LogP contribution in [0.3, 0.4) is 0 Å². The molecule has 98 valence electrons. The van der Waals surface area contributed by atoms with Gasteiger partial charge in [0.1, 0.15) is 5.82 Å². The zero-order chi connectivity index (χ0) is 13.6. The van der Waals surface area contributed by atoms with E-state index in [4.69, 9.17) is 5.26 Å². The van der Waals surface area contributed by atoms with Crippen LogP contribution in [-0.2, 0) is 6.54 Å². The predicted molar refractivity (Wildman–Crippen MR) is 61.3 cm³/mol. The first kappa shape index (κ1) is 14.8. The van der Waals surface area contributed by atoms with Crippen LogP contribution in [0.4, 0.5) is 17.6 Å². The topological polar surface area (TPSA) is 35.8 Å². The van der Waals surface area contributed by atoms with E-state index in [-0.39, 0.29) is 30.6 Å². The standard InChI is InChI=1S/C11H10F4N2S/c12-10-2-1-8(6-16)9(5-10)7-17-3-4-18-11(13,14)15/h1-2,5,17H,3-4,7H2. The van der Waals surface area contributed by atoms with Crippen molar-refractivity contribution < 1.29 is 17.6 Å². The molecule has 1 N–H and O–H groups in total. The van der Waals surface area contributed by atoms with Gasteiger partial charge in [0, 0.05) is 18.8 Å². The van der Waals surface area contributed by atoms with E-state index in [0.717, 1.165) is 0 Å². The first-order valence-electron chi connectivity index (χ1n) is 5.02. The van der Waals surface area contributed by atoms with Crippen molar-refractivity contribution in [2.45, 2.75) is 12.1 Å². The Morgan fingerprint density at radius 1 is 1.33 bits per heavy atom. The maximum Gasteiger partial charge on any atom is 0.441 e. The average Bonchev–Trinajstić information content (AvgIpc) is 2.27. The van der Waals surface area contributed by atoms with E-state index in [9.17, 15) is 17.6 Å². The van der Waals surface area contributed by atoms with Gasteiger partial charge in [-0.15, -0.1) is 0 Å². The molecule has 0 fully saturated rings. The maximum absolute atomic E-state index is 12.9. The van der Waals surface area contributed by atoms with Gasteiger partial charge in [-0.3, -0.25) is 0 Å². The molecule has 0 amide bonds. The fraction of sp³-hybridized carbons (Fsp3) is 0.364. The molecule has 0 aliphatic carbocycles. The molecule has 7 heteroatoms. The number of halogens is 4. The fourth-order valence-electron chi connectivity index (χ4n) is 1.28. The molecule has 2 nitrogen and oxygen atoms in total. The number of nitrogens with zero attached hydrogens (tertiary/aromatic N) is 1. The van der Waals surface area contributed by atoms with E-state index < -0.39 is 11.3 Å². The number of rotatable bonds is 5. The monoisotopic (exact) mass is 278 g/mol. The molecule has 0 saturated carbocycles. The summed E-state index contributed by atoms with van der Waals surface area (Å²) in [7, 11) is 0. The highest BCUT2D eigenvalue weighted by molar-refractivity contribution is 8.00. The molecule has 0 spiro atoms. The number of hydrogen-bond donors (Lipinski definition) is 1. The number of nitriles is 1. The third kappa shape index (κ3) is 5.38. The van der Waals surface area contributed by atoms with Crippen molar-refractivity contribution in [2.24, 2.45) is 0 Å². The molecule has 18 heavy (non-hydrogen) atoms. The van der Waals surface area contributed by atoms with E-state index in [1.807, 2.05) is 6.07 Å². The van der Waals surface area contributed by atoms with E-state index in [1.165, 1.54) is 18.2 Å². The van der Waals surface area contributed by atoms with Crippen molar-refractivity contribution in [3.05, 3.63) is 35.1 Å². The minimum absolute atomic E-state index is 0.120. The van der Waals surface area contributed by atoms with Gasteiger partial charge in [0.15, 0.2) is 0 Å². The van der Waals surface area contributed by atoms with Crippen molar-refractivity contribution in [2.75, 3.05) is 12.3 Å². The van der Waals surface area contributed by atoms with Crippen molar-refractivity contribution in [3.63, 3.8) is 0 Å². The normalized spacial score (nSPS) is 11.3. The largest absolute Gasteiger partial charge is 0.441 e. The van der Waals surface area contributed by atoms with Crippen LogP contribution >= 0.6 is 11.8 Å². The highest BCUT2D eigenvalue weighted by atomic mass is 32.2.